The quantitative estimate of drug-likeness (QED) is 0.432. The summed E-state index contributed by atoms with van der Waals surface area (Å²) in [7, 11) is -3.63. The molecule has 0 saturated carbocycles. The predicted molar refractivity (Wildman–Crippen MR) is 32.4 cm³/mol. The Kier molecular flexibility index (Phi) is 2.79. The molecule has 0 rings (SSSR count). The monoisotopic (exact) mass is 155 g/mol. The average Bonchev–Trinajstić information content (AvgIpc) is 1.21. The van der Waals surface area contributed by atoms with E-state index in [-0.39, 0.29) is 5.25 Å². The van der Waals surface area contributed by atoms with E-state index in [1.807, 2.05) is 0 Å². The summed E-state index contributed by atoms with van der Waals surface area (Å²) in [6, 6.07) is 0. The second-order valence-corrected chi connectivity index (χ2v) is 5.31. The summed E-state index contributed by atoms with van der Waals surface area (Å²) in [4.78, 5) is 0. The van der Waals surface area contributed by atoms with Crippen LogP contribution in [0.25, 0.3) is 0 Å². The lowest BCUT2D eigenvalue weighted by molar-refractivity contribution is 0.482. The summed E-state index contributed by atoms with van der Waals surface area (Å²) >= 11 is 0. The third-order valence-electron chi connectivity index (χ3n) is 0.310. The Bertz CT molecular complexity index is 146. The van der Waals surface area contributed by atoms with Gasteiger partial charge in [0.2, 0.25) is 0 Å². The molecule has 0 fully saturated rings. The van der Waals surface area contributed by atoms with Gasteiger partial charge in [-0.15, -0.1) is 0 Å². The van der Waals surface area contributed by atoms with Gasteiger partial charge in [0, 0.05) is 5.25 Å². The molecular formula is C3H7O3S2-. The molecule has 0 radical (unpaired) electrons. The van der Waals surface area contributed by atoms with E-state index in [4.69, 9.17) is 0 Å². The van der Waals surface area contributed by atoms with Crippen molar-refractivity contribution in [1.82, 2.24) is 0 Å². The highest BCUT2D eigenvalue weighted by atomic mass is 33.1. The minimum Gasteiger partial charge on any atom is -0.739 e. The van der Waals surface area contributed by atoms with Crippen LogP contribution < -0.4 is 0 Å². The third kappa shape index (κ3) is 6.26. The Morgan fingerprint density at radius 3 is 1.88 bits per heavy atom. The maximum atomic E-state index is 9.85. The molecule has 0 heterocycles. The zero-order valence-electron chi connectivity index (χ0n) is 4.62. The first kappa shape index (κ1) is 8.26. The molecule has 0 atom stereocenters. The highest BCUT2D eigenvalue weighted by molar-refractivity contribution is 8.70. The van der Waals surface area contributed by atoms with Crippen molar-refractivity contribution in [1.29, 1.82) is 0 Å². The highest BCUT2D eigenvalue weighted by Gasteiger charge is 1.98. The van der Waals surface area contributed by atoms with E-state index in [9.17, 15) is 13.0 Å². The molecule has 5 heteroatoms. The third-order valence-corrected chi connectivity index (χ3v) is 2.79. The average molecular weight is 155 g/mol. The van der Waals surface area contributed by atoms with Crippen molar-refractivity contribution in [2.45, 2.75) is 19.1 Å². The molecule has 0 spiro atoms. The molecular weight excluding hydrogens is 148 g/mol. The summed E-state index contributed by atoms with van der Waals surface area (Å²) in [5.41, 5.74) is 0. The first-order valence-electron chi connectivity index (χ1n) is 2.06. The fourth-order valence-corrected chi connectivity index (χ4v) is 2.12. The fraction of sp³-hybridized carbons (Fsp3) is 1.00. The molecule has 50 valence electrons. The van der Waals surface area contributed by atoms with Gasteiger partial charge in [-0.05, 0) is 10.8 Å². The van der Waals surface area contributed by atoms with E-state index in [1.165, 1.54) is 0 Å². The first-order chi connectivity index (χ1) is 3.42. The summed E-state index contributed by atoms with van der Waals surface area (Å²) in [6.07, 6.45) is 0. The fourth-order valence-electron chi connectivity index (χ4n) is 0.236. The molecule has 0 bridgehead atoms. The van der Waals surface area contributed by atoms with Gasteiger partial charge in [-0.2, -0.15) is 0 Å². The van der Waals surface area contributed by atoms with Gasteiger partial charge in [-0.25, -0.2) is 8.42 Å². The lowest BCUT2D eigenvalue weighted by Crippen LogP contribution is -1.96. The van der Waals surface area contributed by atoms with Crippen LogP contribution in [0.3, 0.4) is 0 Å². The second-order valence-electron chi connectivity index (χ2n) is 1.55. The minimum absolute atomic E-state index is 0.141. The van der Waals surface area contributed by atoms with Gasteiger partial charge in [0.1, 0.15) is 9.15 Å². The Hall–Kier alpha value is 0.260. The standard InChI is InChI=1S/C3H8O3S2/c1-3(2)7-8(4,5)6/h3H,1-2H3,(H,4,5,6)/p-1. The smallest absolute Gasteiger partial charge is 0.149 e. The Morgan fingerprint density at radius 1 is 1.50 bits per heavy atom. The molecule has 0 aliphatic heterocycles. The largest absolute Gasteiger partial charge is 0.739 e. The maximum absolute atomic E-state index is 9.85. The maximum Gasteiger partial charge on any atom is 0.149 e. The number of hydrogen-bond donors (Lipinski definition) is 0. The van der Waals surface area contributed by atoms with Crippen LogP contribution in [-0.2, 0) is 9.15 Å². The van der Waals surface area contributed by atoms with Crippen molar-refractivity contribution in [3.63, 3.8) is 0 Å². The molecule has 8 heavy (non-hydrogen) atoms. The molecule has 0 aromatic rings. The van der Waals surface area contributed by atoms with E-state index in [2.05, 4.69) is 0 Å². The normalized spacial score (nSPS) is 12.5. The Balaban J connectivity index is 3.75. The number of hydrogen-bond acceptors (Lipinski definition) is 4. The van der Waals surface area contributed by atoms with Crippen LogP contribution >= 0.6 is 10.8 Å². The molecule has 0 aliphatic rings. The molecule has 0 unspecified atom stereocenters. The molecule has 0 aromatic carbocycles. The van der Waals surface area contributed by atoms with Crippen molar-refractivity contribution in [3.8, 4) is 0 Å². The lowest BCUT2D eigenvalue weighted by atomic mass is 10.6. The van der Waals surface area contributed by atoms with Gasteiger partial charge in [-0.3, -0.25) is 0 Å². The van der Waals surface area contributed by atoms with E-state index in [0.717, 1.165) is 0 Å². The SMILES string of the molecule is CC(C)SS(=O)(=O)[O-]. The molecule has 0 amide bonds. The van der Waals surface area contributed by atoms with Crippen LogP contribution in [0.4, 0.5) is 0 Å². The van der Waals surface area contributed by atoms with Gasteiger partial charge < -0.3 is 4.55 Å². The Labute approximate surface area is 52.6 Å². The zero-order chi connectivity index (χ0) is 6.78. The molecule has 0 aromatic heterocycles. The van der Waals surface area contributed by atoms with Crippen LogP contribution in [0.2, 0.25) is 0 Å². The van der Waals surface area contributed by atoms with Gasteiger partial charge in [0.25, 0.3) is 0 Å². The van der Waals surface area contributed by atoms with Crippen molar-refractivity contribution in [2.75, 3.05) is 0 Å². The molecule has 0 N–H and O–H groups in total. The minimum atomic E-state index is -4.06. The van der Waals surface area contributed by atoms with Crippen LogP contribution in [0, 0.1) is 0 Å². The van der Waals surface area contributed by atoms with Crippen molar-refractivity contribution < 1.29 is 13.0 Å². The van der Waals surface area contributed by atoms with E-state index in [0.29, 0.717) is 10.8 Å². The molecule has 0 aliphatic carbocycles. The lowest BCUT2D eigenvalue weighted by Gasteiger charge is -2.06. The summed E-state index contributed by atoms with van der Waals surface area (Å²) < 4.78 is 29.5. The topological polar surface area (TPSA) is 57.2 Å². The van der Waals surface area contributed by atoms with Crippen molar-refractivity contribution >= 4 is 19.9 Å². The predicted octanol–water partition coefficient (Wildman–Crippen LogP) is 0.588. The van der Waals surface area contributed by atoms with E-state index >= 15 is 0 Å². The van der Waals surface area contributed by atoms with Crippen LogP contribution in [-0.4, -0.2) is 18.2 Å². The summed E-state index contributed by atoms with van der Waals surface area (Å²) in [6.45, 7) is 3.31. The summed E-state index contributed by atoms with van der Waals surface area (Å²) in [5, 5.41) is -0.141. The molecule has 3 nitrogen and oxygen atoms in total. The Morgan fingerprint density at radius 2 is 1.88 bits per heavy atom. The van der Waals surface area contributed by atoms with E-state index < -0.39 is 9.15 Å². The van der Waals surface area contributed by atoms with Crippen molar-refractivity contribution in [3.05, 3.63) is 0 Å². The zero-order valence-corrected chi connectivity index (χ0v) is 6.25. The van der Waals surface area contributed by atoms with Crippen LogP contribution in [0.1, 0.15) is 13.8 Å². The van der Waals surface area contributed by atoms with Gasteiger partial charge in [0.15, 0.2) is 0 Å². The van der Waals surface area contributed by atoms with Crippen LogP contribution in [0.15, 0.2) is 0 Å². The number of rotatable bonds is 2. The first-order valence-corrected chi connectivity index (χ1v) is 4.86. The van der Waals surface area contributed by atoms with Gasteiger partial charge in [-0.1, -0.05) is 13.8 Å². The van der Waals surface area contributed by atoms with Gasteiger partial charge >= 0.3 is 0 Å². The summed E-state index contributed by atoms with van der Waals surface area (Å²) in [5.74, 6) is 0. The molecule has 0 saturated heterocycles. The van der Waals surface area contributed by atoms with E-state index in [1.54, 1.807) is 13.8 Å². The van der Waals surface area contributed by atoms with Crippen molar-refractivity contribution in [2.24, 2.45) is 0 Å². The van der Waals surface area contributed by atoms with Gasteiger partial charge in [0.05, 0.1) is 0 Å². The highest BCUT2D eigenvalue weighted by Crippen LogP contribution is 2.14. The second kappa shape index (κ2) is 2.70. The van der Waals surface area contributed by atoms with Crippen LogP contribution in [0.5, 0.6) is 0 Å².